The van der Waals surface area contributed by atoms with Crippen molar-refractivity contribution in [2.24, 2.45) is 12.8 Å². The number of amides is 2. The number of benzene rings is 2. The molecule has 0 saturated carbocycles. The SMILES string of the molecule is Cn1cncc1-c1cc2nccc(Oc3ccc(N(C(=O)CC(N)=O)c4ccccc4O)cc3F)c2s1. The van der Waals surface area contributed by atoms with Crippen molar-refractivity contribution in [1.82, 2.24) is 14.5 Å². The minimum Gasteiger partial charge on any atom is -0.506 e. The number of pyridine rings is 1. The van der Waals surface area contributed by atoms with E-state index in [4.69, 9.17) is 10.5 Å². The van der Waals surface area contributed by atoms with Crippen molar-refractivity contribution in [1.29, 1.82) is 0 Å². The van der Waals surface area contributed by atoms with Crippen LogP contribution in [0.3, 0.4) is 0 Å². The largest absolute Gasteiger partial charge is 0.506 e. The number of halogens is 1. The van der Waals surface area contributed by atoms with E-state index in [-0.39, 0.29) is 22.9 Å². The Hall–Kier alpha value is -4.77. The van der Waals surface area contributed by atoms with Crippen LogP contribution in [0.25, 0.3) is 20.8 Å². The standard InChI is InChI=1S/C26H20FN5O4S/c1-31-14-29-13-19(31)23-11-17-26(37-23)22(8-9-30-17)36-21-7-6-15(10-16(21)27)32(25(35)12-24(28)34)18-4-2-3-5-20(18)33/h2-11,13-14,33H,12H2,1H3,(H2,28,34). The van der Waals surface area contributed by atoms with Crippen LogP contribution >= 0.6 is 11.3 Å². The number of aryl methyl sites for hydroxylation is 1. The highest BCUT2D eigenvalue weighted by Gasteiger charge is 2.24. The molecule has 0 spiro atoms. The van der Waals surface area contributed by atoms with E-state index in [1.165, 1.54) is 35.6 Å². The molecule has 2 aromatic carbocycles. The van der Waals surface area contributed by atoms with Crippen LogP contribution in [-0.4, -0.2) is 31.5 Å². The van der Waals surface area contributed by atoms with Gasteiger partial charge in [-0.3, -0.25) is 19.5 Å². The predicted octanol–water partition coefficient (Wildman–Crippen LogP) is 4.87. The number of nitrogens with two attached hydrogens (primary N) is 1. The number of nitrogens with zero attached hydrogens (tertiary/aromatic N) is 4. The summed E-state index contributed by atoms with van der Waals surface area (Å²) in [4.78, 5) is 34.7. The summed E-state index contributed by atoms with van der Waals surface area (Å²) in [7, 11) is 1.89. The van der Waals surface area contributed by atoms with Crippen molar-refractivity contribution in [2.75, 3.05) is 4.90 Å². The van der Waals surface area contributed by atoms with E-state index in [0.29, 0.717) is 11.3 Å². The van der Waals surface area contributed by atoms with Crippen LogP contribution in [-0.2, 0) is 16.6 Å². The first-order valence-corrected chi connectivity index (χ1v) is 11.9. The Morgan fingerprint density at radius 3 is 2.68 bits per heavy atom. The normalized spacial score (nSPS) is 11.0. The van der Waals surface area contributed by atoms with Gasteiger partial charge in [0.15, 0.2) is 11.6 Å². The van der Waals surface area contributed by atoms with Gasteiger partial charge in [-0.15, -0.1) is 11.3 Å². The first-order valence-electron chi connectivity index (χ1n) is 11.0. The van der Waals surface area contributed by atoms with Gasteiger partial charge >= 0.3 is 0 Å². The van der Waals surface area contributed by atoms with Gasteiger partial charge in [0, 0.05) is 25.4 Å². The first kappa shape index (κ1) is 23.9. The molecule has 0 fully saturated rings. The fourth-order valence-corrected chi connectivity index (χ4v) is 4.96. The molecule has 0 unspecified atom stereocenters. The van der Waals surface area contributed by atoms with Crippen LogP contribution in [0.5, 0.6) is 17.2 Å². The zero-order chi connectivity index (χ0) is 26.1. The maximum atomic E-state index is 15.3. The Morgan fingerprint density at radius 1 is 1.16 bits per heavy atom. The number of primary amides is 1. The molecule has 11 heteroatoms. The third kappa shape index (κ3) is 4.71. The molecule has 3 heterocycles. The zero-order valence-corrected chi connectivity index (χ0v) is 20.3. The van der Waals surface area contributed by atoms with Crippen molar-refractivity contribution in [3.63, 3.8) is 0 Å². The molecule has 5 aromatic rings. The molecule has 0 atom stereocenters. The number of fused-ring (bicyclic) bond motifs is 1. The predicted molar refractivity (Wildman–Crippen MR) is 137 cm³/mol. The van der Waals surface area contributed by atoms with Gasteiger partial charge in [0.1, 0.15) is 17.9 Å². The van der Waals surface area contributed by atoms with Crippen LogP contribution in [0, 0.1) is 5.82 Å². The van der Waals surface area contributed by atoms with E-state index in [9.17, 15) is 14.7 Å². The molecule has 2 amide bonds. The van der Waals surface area contributed by atoms with Gasteiger partial charge in [0.2, 0.25) is 11.8 Å². The van der Waals surface area contributed by atoms with Gasteiger partial charge in [-0.25, -0.2) is 9.37 Å². The van der Waals surface area contributed by atoms with Crippen molar-refractivity contribution in [3.05, 3.63) is 79.1 Å². The third-order valence-electron chi connectivity index (χ3n) is 5.54. The number of hydrogen-bond donors (Lipinski definition) is 2. The molecule has 3 N–H and O–H groups in total. The van der Waals surface area contributed by atoms with E-state index < -0.39 is 24.1 Å². The Morgan fingerprint density at radius 2 is 1.97 bits per heavy atom. The minimum absolute atomic E-state index is 0.0775. The Bertz CT molecular complexity index is 1650. The second-order valence-corrected chi connectivity index (χ2v) is 9.15. The van der Waals surface area contributed by atoms with Crippen LogP contribution < -0.4 is 15.4 Å². The number of imidazole rings is 1. The Balaban J connectivity index is 1.49. The molecular weight excluding hydrogens is 497 g/mol. The molecule has 0 aliphatic rings. The quantitative estimate of drug-likeness (QED) is 0.297. The number of thiophene rings is 1. The second-order valence-electron chi connectivity index (χ2n) is 8.10. The number of phenols is 1. The monoisotopic (exact) mass is 517 g/mol. The molecule has 0 bridgehead atoms. The number of rotatable bonds is 7. The number of aromatic hydroxyl groups is 1. The lowest BCUT2D eigenvalue weighted by Crippen LogP contribution is -2.30. The fraction of sp³-hybridized carbons (Fsp3) is 0.0769. The minimum atomic E-state index is -0.853. The van der Waals surface area contributed by atoms with Crippen molar-refractivity contribution < 1.29 is 23.8 Å². The van der Waals surface area contributed by atoms with E-state index in [1.54, 1.807) is 36.9 Å². The maximum Gasteiger partial charge on any atom is 0.241 e. The summed E-state index contributed by atoms with van der Waals surface area (Å²) in [6.07, 6.45) is 4.40. The van der Waals surface area contributed by atoms with Crippen molar-refractivity contribution in [3.8, 4) is 27.8 Å². The number of aromatic nitrogens is 3. The van der Waals surface area contributed by atoms with Crippen LogP contribution in [0.4, 0.5) is 15.8 Å². The topological polar surface area (TPSA) is 124 Å². The summed E-state index contributed by atoms with van der Waals surface area (Å²) in [6, 6.07) is 13.5. The number of para-hydroxylation sites is 2. The average molecular weight is 518 g/mol. The number of phenolic OH excluding ortho intramolecular Hbond substituents is 1. The summed E-state index contributed by atoms with van der Waals surface area (Å²) >= 11 is 1.44. The summed E-state index contributed by atoms with van der Waals surface area (Å²) in [5.74, 6) is -2.21. The van der Waals surface area contributed by atoms with Gasteiger partial charge in [-0.2, -0.15) is 0 Å². The summed E-state index contributed by atoms with van der Waals surface area (Å²) in [6.45, 7) is 0. The highest BCUT2D eigenvalue weighted by Crippen LogP contribution is 2.40. The molecule has 3 aromatic heterocycles. The van der Waals surface area contributed by atoms with Gasteiger partial charge < -0.3 is 20.1 Å². The molecule has 0 radical (unpaired) electrons. The van der Waals surface area contributed by atoms with E-state index in [0.717, 1.165) is 26.2 Å². The lowest BCUT2D eigenvalue weighted by molar-refractivity contribution is -0.125. The van der Waals surface area contributed by atoms with Crippen LogP contribution in [0.15, 0.2) is 73.3 Å². The lowest BCUT2D eigenvalue weighted by atomic mass is 10.2. The molecule has 0 aliphatic heterocycles. The number of carbonyl (C=O) groups is 2. The first-order chi connectivity index (χ1) is 17.8. The maximum absolute atomic E-state index is 15.3. The molecular formula is C26H20FN5O4S. The van der Waals surface area contributed by atoms with Gasteiger partial charge in [0.25, 0.3) is 0 Å². The van der Waals surface area contributed by atoms with E-state index in [1.807, 2.05) is 17.7 Å². The van der Waals surface area contributed by atoms with Gasteiger partial charge in [-0.1, -0.05) is 12.1 Å². The lowest BCUT2D eigenvalue weighted by Gasteiger charge is -2.24. The summed E-state index contributed by atoms with van der Waals surface area (Å²) < 4.78 is 23.8. The molecule has 0 saturated heterocycles. The number of hydrogen-bond acceptors (Lipinski definition) is 7. The highest BCUT2D eigenvalue weighted by molar-refractivity contribution is 7.22. The molecule has 5 rings (SSSR count). The van der Waals surface area contributed by atoms with Crippen LogP contribution in [0.1, 0.15) is 6.42 Å². The Kier molecular flexibility index (Phi) is 6.28. The number of anilines is 2. The third-order valence-corrected chi connectivity index (χ3v) is 6.70. The molecule has 0 aliphatic carbocycles. The van der Waals surface area contributed by atoms with Crippen molar-refractivity contribution >= 4 is 44.7 Å². The van der Waals surface area contributed by atoms with E-state index >= 15 is 4.39 Å². The second kappa shape index (κ2) is 9.70. The van der Waals surface area contributed by atoms with E-state index in [2.05, 4.69) is 9.97 Å². The van der Waals surface area contributed by atoms with Crippen LogP contribution in [0.2, 0.25) is 0 Å². The fourth-order valence-electron chi connectivity index (χ4n) is 3.84. The summed E-state index contributed by atoms with van der Waals surface area (Å²) in [5.41, 5.74) is 6.98. The molecule has 9 nitrogen and oxygen atoms in total. The summed E-state index contributed by atoms with van der Waals surface area (Å²) in [5, 5.41) is 10.3. The zero-order valence-electron chi connectivity index (χ0n) is 19.5. The molecule has 186 valence electrons. The van der Waals surface area contributed by atoms with Gasteiger partial charge in [0.05, 0.1) is 44.7 Å². The molecule has 37 heavy (non-hydrogen) atoms. The Labute approximate surface area is 214 Å². The van der Waals surface area contributed by atoms with Gasteiger partial charge in [-0.05, 0) is 30.3 Å². The smallest absolute Gasteiger partial charge is 0.241 e. The average Bonchev–Trinajstić information content (AvgIpc) is 3.48. The van der Waals surface area contributed by atoms with Crippen molar-refractivity contribution in [2.45, 2.75) is 6.42 Å². The number of ether oxygens (including phenoxy) is 1. The number of carbonyl (C=O) groups excluding carboxylic acids is 2. The highest BCUT2D eigenvalue weighted by atomic mass is 32.1.